The molecule has 1 atom stereocenters. The fourth-order valence-corrected chi connectivity index (χ4v) is 3.17. The molecule has 1 heterocycles. The number of carbonyl (C=O) groups is 1. The Hall–Kier alpha value is -2.44. The molecule has 5 nitrogen and oxygen atoms in total. The van der Waals surface area contributed by atoms with E-state index < -0.39 is 0 Å². The third-order valence-electron chi connectivity index (χ3n) is 4.28. The summed E-state index contributed by atoms with van der Waals surface area (Å²) in [5, 5.41) is 4.72. The van der Waals surface area contributed by atoms with E-state index in [9.17, 15) is 9.18 Å². The van der Waals surface area contributed by atoms with E-state index in [0.717, 1.165) is 11.3 Å². The van der Waals surface area contributed by atoms with Crippen molar-refractivity contribution in [3.63, 3.8) is 0 Å². The molecule has 3 rings (SSSR count). The highest BCUT2D eigenvalue weighted by Crippen LogP contribution is 2.24. The van der Waals surface area contributed by atoms with Crippen LogP contribution in [0.25, 0.3) is 0 Å². The topological polar surface area (TPSA) is 51.1 Å². The molecule has 0 bridgehead atoms. The summed E-state index contributed by atoms with van der Waals surface area (Å²) >= 11 is 6.22. The number of halogens is 2. The molecule has 0 unspecified atom stereocenters. The largest absolute Gasteiger partial charge is 0.390 e. The van der Waals surface area contributed by atoms with Gasteiger partial charge in [0.15, 0.2) is 6.10 Å². The van der Waals surface area contributed by atoms with Gasteiger partial charge in [0.2, 0.25) is 5.91 Å². The standard InChI is InChI=1S/C20H20ClFN2O3/c1-26-13-20(25)24(11-14-6-2-5-9-18(14)22)12-15-10-19(23-27-15)16-7-3-4-8-17(16)21/h2-9,15H,10-13H2,1H3/t15-/m0/s1. The van der Waals surface area contributed by atoms with Crippen LogP contribution in [0.15, 0.2) is 53.7 Å². The predicted molar refractivity (Wildman–Crippen MR) is 101 cm³/mol. The van der Waals surface area contributed by atoms with Gasteiger partial charge in [-0.05, 0) is 12.1 Å². The van der Waals surface area contributed by atoms with Crippen molar-refractivity contribution in [2.75, 3.05) is 20.3 Å². The average Bonchev–Trinajstić information content (AvgIpc) is 3.12. The summed E-state index contributed by atoms with van der Waals surface area (Å²) in [6, 6.07) is 13.8. The Morgan fingerprint density at radius 1 is 1.30 bits per heavy atom. The van der Waals surface area contributed by atoms with Crippen molar-refractivity contribution >= 4 is 23.2 Å². The van der Waals surface area contributed by atoms with Gasteiger partial charge < -0.3 is 14.5 Å². The smallest absolute Gasteiger partial charge is 0.248 e. The van der Waals surface area contributed by atoms with Crippen LogP contribution in [0.3, 0.4) is 0 Å². The molecule has 1 amide bonds. The fourth-order valence-electron chi connectivity index (χ4n) is 2.93. The van der Waals surface area contributed by atoms with E-state index in [1.54, 1.807) is 24.3 Å². The molecular formula is C20H20ClFN2O3. The third kappa shape index (κ3) is 4.84. The normalized spacial score (nSPS) is 16.0. The lowest BCUT2D eigenvalue weighted by Crippen LogP contribution is -2.39. The molecule has 2 aromatic rings. The molecule has 0 saturated heterocycles. The average molecular weight is 391 g/mol. The number of carbonyl (C=O) groups excluding carboxylic acids is 1. The van der Waals surface area contributed by atoms with Gasteiger partial charge >= 0.3 is 0 Å². The first-order chi connectivity index (χ1) is 13.1. The van der Waals surface area contributed by atoms with Crippen LogP contribution in [0.4, 0.5) is 4.39 Å². The molecule has 1 aliphatic heterocycles. The molecule has 142 valence electrons. The lowest BCUT2D eigenvalue weighted by atomic mass is 10.0. The summed E-state index contributed by atoms with van der Waals surface area (Å²) < 4.78 is 19.0. The Balaban J connectivity index is 1.69. The molecule has 0 radical (unpaired) electrons. The van der Waals surface area contributed by atoms with E-state index in [-0.39, 0.29) is 37.5 Å². The maximum atomic E-state index is 14.0. The Morgan fingerprint density at radius 2 is 2.04 bits per heavy atom. The monoisotopic (exact) mass is 390 g/mol. The molecule has 1 aliphatic rings. The van der Waals surface area contributed by atoms with Crippen LogP contribution in [-0.4, -0.2) is 42.9 Å². The van der Waals surface area contributed by atoms with Gasteiger partial charge in [0.25, 0.3) is 0 Å². The van der Waals surface area contributed by atoms with E-state index in [2.05, 4.69) is 5.16 Å². The minimum absolute atomic E-state index is 0.0839. The first-order valence-corrected chi connectivity index (χ1v) is 8.94. The Kier molecular flexibility index (Phi) is 6.42. The minimum Gasteiger partial charge on any atom is -0.390 e. The number of ether oxygens (including phenoxy) is 1. The second-order valence-electron chi connectivity index (χ2n) is 6.25. The van der Waals surface area contributed by atoms with Gasteiger partial charge in [-0.25, -0.2) is 4.39 Å². The third-order valence-corrected chi connectivity index (χ3v) is 4.61. The highest BCUT2D eigenvalue weighted by atomic mass is 35.5. The van der Waals surface area contributed by atoms with Crippen LogP contribution in [-0.2, 0) is 20.9 Å². The van der Waals surface area contributed by atoms with Crippen molar-refractivity contribution in [1.82, 2.24) is 4.90 Å². The lowest BCUT2D eigenvalue weighted by Gasteiger charge is -2.25. The highest BCUT2D eigenvalue weighted by Gasteiger charge is 2.28. The zero-order valence-corrected chi connectivity index (χ0v) is 15.7. The molecule has 0 spiro atoms. The van der Waals surface area contributed by atoms with Gasteiger partial charge in [0.1, 0.15) is 12.4 Å². The number of amides is 1. The highest BCUT2D eigenvalue weighted by molar-refractivity contribution is 6.34. The predicted octanol–water partition coefficient (Wildman–Crippen LogP) is 3.65. The second-order valence-corrected chi connectivity index (χ2v) is 6.66. The second kappa shape index (κ2) is 8.97. The molecule has 0 N–H and O–H groups in total. The molecule has 0 aliphatic carbocycles. The number of hydrogen-bond donors (Lipinski definition) is 0. The van der Waals surface area contributed by atoms with Crippen molar-refractivity contribution in [1.29, 1.82) is 0 Å². The van der Waals surface area contributed by atoms with Gasteiger partial charge in [0, 0.05) is 36.2 Å². The van der Waals surface area contributed by atoms with E-state index in [1.165, 1.54) is 18.1 Å². The van der Waals surface area contributed by atoms with Crippen molar-refractivity contribution in [3.05, 3.63) is 70.5 Å². The van der Waals surface area contributed by atoms with Gasteiger partial charge in [-0.2, -0.15) is 0 Å². The van der Waals surface area contributed by atoms with Gasteiger partial charge in [-0.1, -0.05) is 53.2 Å². The van der Waals surface area contributed by atoms with E-state index in [0.29, 0.717) is 17.0 Å². The number of oxime groups is 1. The molecule has 2 aromatic carbocycles. The summed E-state index contributed by atoms with van der Waals surface area (Å²) in [5.74, 6) is -0.594. The van der Waals surface area contributed by atoms with E-state index in [4.69, 9.17) is 21.2 Å². The SMILES string of the molecule is COCC(=O)N(Cc1ccccc1F)C[C@@H]1CC(c2ccccc2Cl)=NO1. The first-order valence-electron chi connectivity index (χ1n) is 8.56. The fraction of sp³-hybridized carbons (Fsp3) is 0.300. The molecule has 0 fully saturated rings. The van der Waals surface area contributed by atoms with Crippen LogP contribution in [0.2, 0.25) is 5.02 Å². The number of nitrogens with zero attached hydrogens (tertiary/aromatic N) is 2. The quantitative estimate of drug-likeness (QED) is 0.725. The number of benzene rings is 2. The molecular weight excluding hydrogens is 371 g/mol. The summed E-state index contributed by atoms with van der Waals surface area (Å²) in [6.07, 6.45) is 0.182. The van der Waals surface area contributed by atoms with Crippen molar-refractivity contribution in [3.8, 4) is 0 Å². The van der Waals surface area contributed by atoms with Crippen LogP contribution >= 0.6 is 11.6 Å². The number of hydrogen-bond acceptors (Lipinski definition) is 4. The summed E-state index contributed by atoms with van der Waals surface area (Å²) in [6.45, 7) is 0.323. The van der Waals surface area contributed by atoms with Crippen LogP contribution in [0, 0.1) is 5.82 Å². The van der Waals surface area contributed by atoms with Crippen molar-refractivity contribution in [2.45, 2.75) is 19.1 Å². The number of rotatable bonds is 7. The van der Waals surface area contributed by atoms with Crippen molar-refractivity contribution < 1.29 is 18.8 Å². The maximum absolute atomic E-state index is 14.0. The lowest BCUT2D eigenvalue weighted by molar-refractivity contribution is -0.137. The summed E-state index contributed by atoms with van der Waals surface area (Å²) in [5.41, 5.74) is 1.98. The Labute approximate surface area is 162 Å². The molecule has 27 heavy (non-hydrogen) atoms. The summed E-state index contributed by atoms with van der Waals surface area (Å²) in [4.78, 5) is 19.4. The van der Waals surface area contributed by atoms with Gasteiger partial charge in [-0.3, -0.25) is 4.79 Å². The van der Waals surface area contributed by atoms with Crippen LogP contribution in [0.1, 0.15) is 17.5 Å². The zero-order chi connectivity index (χ0) is 19.2. The Bertz CT molecular complexity index is 843. The van der Waals surface area contributed by atoms with Crippen LogP contribution in [0.5, 0.6) is 0 Å². The molecule has 0 aromatic heterocycles. The maximum Gasteiger partial charge on any atom is 0.248 e. The molecule has 7 heteroatoms. The van der Waals surface area contributed by atoms with E-state index in [1.807, 2.05) is 18.2 Å². The van der Waals surface area contributed by atoms with Crippen LogP contribution < -0.4 is 0 Å². The van der Waals surface area contributed by atoms with E-state index >= 15 is 0 Å². The zero-order valence-electron chi connectivity index (χ0n) is 14.9. The number of methoxy groups -OCH3 is 1. The minimum atomic E-state index is -0.354. The Morgan fingerprint density at radius 3 is 2.78 bits per heavy atom. The summed E-state index contributed by atoms with van der Waals surface area (Å²) in [7, 11) is 1.45. The van der Waals surface area contributed by atoms with Crippen molar-refractivity contribution in [2.24, 2.45) is 5.16 Å². The van der Waals surface area contributed by atoms with Gasteiger partial charge in [0.05, 0.1) is 12.3 Å². The first kappa shape index (κ1) is 19.3. The molecule has 0 saturated carbocycles. The van der Waals surface area contributed by atoms with Gasteiger partial charge in [-0.15, -0.1) is 0 Å².